The highest BCUT2D eigenvalue weighted by Crippen LogP contribution is 2.43. The predicted octanol–water partition coefficient (Wildman–Crippen LogP) is 6.38. The van der Waals surface area contributed by atoms with Gasteiger partial charge >= 0.3 is 6.18 Å². The second-order valence-corrected chi connectivity index (χ2v) is 8.96. The monoisotopic (exact) mass is 563 g/mol. The number of fused-ring (bicyclic) bond motifs is 1. The first kappa shape index (κ1) is 25.9. The van der Waals surface area contributed by atoms with Gasteiger partial charge in [0.15, 0.2) is 17.3 Å². The van der Waals surface area contributed by atoms with E-state index in [1.54, 1.807) is 0 Å². The van der Waals surface area contributed by atoms with Crippen molar-refractivity contribution in [2.45, 2.75) is 12.8 Å². The molecule has 0 spiro atoms. The summed E-state index contributed by atoms with van der Waals surface area (Å²) in [7, 11) is 0. The van der Waals surface area contributed by atoms with Crippen LogP contribution in [-0.4, -0.2) is 16.8 Å². The maximum atomic E-state index is 13.8. The van der Waals surface area contributed by atoms with Gasteiger partial charge in [-0.05, 0) is 42.5 Å². The molecule has 0 aliphatic carbocycles. The van der Waals surface area contributed by atoms with Crippen molar-refractivity contribution in [3.63, 3.8) is 0 Å². The van der Waals surface area contributed by atoms with Crippen molar-refractivity contribution in [2.24, 2.45) is 5.73 Å². The van der Waals surface area contributed by atoms with E-state index >= 15 is 0 Å². The molecule has 14 heteroatoms. The van der Waals surface area contributed by atoms with E-state index in [0.29, 0.717) is 17.4 Å². The molecule has 0 atom stereocenters. The van der Waals surface area contributed by atoms with E-state index in [-0.39, 0.29) is 56.0 Å². The summed E-state index contributed by atoms with van der Waals surface area (Å²) in [5, 5.41) is 2.47. The molecule has 0 unspecified atom stereocenters. The molecular formula is C25H14F5N3O5S. The van der Waals surface area contributed by atoms with Crippen LogP contribution in [0.4, 0.5) is 27.6 Å². The smallest absolute Gasteiger partial charge is 0.433 e. The number of carbonyl (C=O) groups is 2. The normalized spacial score (nSPS) is 11.6. The number of aromatic nitrogens is 1. The van der Waals surface area contributed by atoms with Crippen molar-refractivity contribution in [2.75, 3.05) is 5.32 Å². The van der Waals surface area contributed by atoms with Gasteiger partial charge in [-0.3, -0.25) is 9.59 Å². The number of carbonyl (C=O) groups excluding carboxylic acids is 2. The largest absolute Gasteiger partial charge is 0.483 e. The summed E-state index contributed by atoms with van der Waals surface area (Å²) in [6.45, 7) is -0.309. The lowest BCUT2D eigenvalue weighted by molar-refractivity contribution is -0.140. The maximum Gasteiger partial charge on any atom is 0.433 e. The number of nitrogens with two attached hydrogens (primary N) is 1. The van der Waals surface area contributed by atoms with Crippen LogP contribution in [0.25, 0.3) is 21.5 Å². The quantitative estimate of drug-likeness (QED) is 0.222. The van der Waals surface area contributed by atoms with Crippen LogP contribution in [-0.2, 0) is 12.8 Å². The van der Waals surface area contributed by atoms with Gasteiger partial charge in [0, 0.05) is 17.0 Å². The van der Waals surface area contributed by atoms with Gasteiger partial charge in [-0.1, -0.05) is 0 Å². The van der Waals surface area contributed by atoms with Crippen molar-refractivity contribution in [1.29, 1.82) is 0 Å². The lowest BCUT2D eigenvalue weighted by Gasteiger charge is -2.10. The standard InChI is InChI=1S/C25H14F5N3O5S/c26-11-3-5-16(14(27)8-11)37-10-12-4-6-17(38-12)23(35)33-20-19-13(15-2-1-7-36-15)9-18(25(28,29)30)32-24(19)39-21(20)22(31)34/h1-9H,10H2,(H2,31,34)(H,33,35). The summed E-state index contributed by atoms with van der Waals surface area (Å²) in [6.07, 6.45) is -3.56. The molecule has 200 valence electrons. The number of furan rings is 2. The lowest BCUT2D eigenvalue weighted by atomic mass is 10.1. The minimum atomic E-state index is -4.81. The predicted molar refractivity (Wildman–Crippen MR) is 128 cm³/mol. The van der Waals surface area contributed by atoms with Gasteiger partial charge in [-0.2, -0.15) is 13.2 Å². The summed E-state index contributed by atoms with van der Waals surface area (Å²) in [5.74, 6) is -3.98. The zero-order valence-corrected chi connectivity index (χ0v) is 20.1. The van der Waals surface area contributed by atoms with Crippen LogP contribution in [0, 0.1) is 11.6 Å². The number of halogens is 5. The van der Waals surface area contributed by atoms with Gasteiger partial charge in [-0.25, -0.2) is 13.8 Å². The molecule has 5 aromatic rings. The number of nitrogens with zero attached hydrogens (tertiary/aromatic N) is 1. The maximum absolute atomic E-state index is 13.8. The fourth-order valence-electron chi connectivity index (χ4n) is 3.66. The zero-order chi connectivity index (χ0) is 27.9. The van der Waals surface area contributed by atoms with Gasteiger partial charge in [0.25, 0.3) is 11.8 Å². The number of rotatable bonds is 7. The van der Waals surface area contributed by atoms with Crippen molar-refractivity contribution >= 4 is 39.1 Å². The number of nitrogens with one attached hydrogen (secondary N) is 1. The fraction of sp³-hybridized carbons (Fsp3) is 0.0800. The Kier molecular flexibility index (Phi) is 6.56. The number of primary amides is 1. The minimum absolute atomic E-state index is 0.00648. The topological polar surface area (TPSA) is 121 Å². The first-order chi connectivity index (χ1) is 18.5. The van der Waals surface area contributed by atoms with Gasteiger partial charge in [0.05, 0.1) is 12.0 Å². The number of alkyl halides is 3. The Hall–Kier alpha value is -4.72. The number of pyridine rings is 1. The Morgan fingerprint density at radius 2 is 1.90 bits per heavy atom. The van der Waals surface area contributed by atoms with E-state index in [0.717, 1.165) is 18.2 Å². The van der Waals surface area contributed by atoms with Gasteiger partial charge in [0.1, 0.15) is 39.3 Å². The molecule has 0 radical (unpaired) electrons. The van der Waals surface area contributed by atoms with Gasteiger partial charge in [-0.15, -0.1) is 11.3 Å². The molecule has 5 rings (SSSR count). The number of hydrogen-bond donors (Lipinski definition) is 2. The number of benzene rings is 1. The van der Waals surface area contributed by atoms with Crippen molar-refractivity contribution in [3.8, 4) is 17.1 Å². The third-order valence-electron chi connectivity index (χ3n) is 5.35. The first-order valence-electron chi connectivity index (χ1n) is 10.9. The molecule has 2 amide bonds. The Bertz CT molecular complexity index is 1710. The summed E-state index contributed by atoms with van der Waals surface area (Å²) in [4.78, 5) is 28.4. The van der Waals surface area contributed by atoms with Crippen molar-refractivity contribution in [1.82, 2.24) is 4.98 Å². The molecule has 4 heterocycles. The third-order valence-corrected chi connectivity index (χ3v) is 6.45. The van der Waals surface area contributed by atoms with Crippen LogP contribution in [0.5, 0.6) is 5.75 Å². The average molecular weight is 563 g/mol. The zero-order valence-electron chi connectivity index (χ0n) is 19.3. The molecule has 39 heavy (non-hydrogen) atoms. The fourth-order valence-corrected chi connectivity index (χ4v) is 4.66. The van der Waals surface area contributed by atoms with E-state index in [4.69, 9.17) is 19.3 Å². The molecule has 0 bridgehead atoms. The summed E-state index contributed by atoms with van der Waals surface area (Å²) >= 11 is 0.569. The van der Waals surface area contributed by atoms with Crippen LogP contribution < -0.4 is 15.8 Å². The Morgan fingerprint density at radius 3 is 2.56 bits per heavy atom. The number of hydrogen-bond acceptors (Lipinski definition) is 7. The molecule has 0 aliphatic heterocycles. The third kappa shape index (κ3) is 5.18. The van der Waals surface area contributed by atoms with E-state index in [1.807, 2.05) is 0 Å². The van der Waals surface area contributed by atoms with Crippen LogP contribution in [0.3, 0.4) is 0 Å². The van der Waals surface area contributed by atoms with Crippen LogP contribution in [0.2, 0.25) is 0 Å². The number of amides is 2. The van der Waals surface area contributed by atoms with E-state index in [1.165, 1.54) is 30.5 Å². The minimum Gasteiger partial charge on any atom is -0.483 e. The number of anilines is 1. The Balaban J connectivity index is 1.48. The van der Waals surface area contributed by atoms with E-state index in [9.17, 15) is 31.5 Å². The van der Waals surface area contributed by atoms with E-state index < -0.39 is 35.3 Å². The molecule has 0 saturated heterocycles. The van der Waals surface area contributed by atoms with Crippen LogP contribution in [0.1, 0.15) is 31.7 Å². The second kappa shape index (κ2) is 9.87. The summed E-state index contributed by atoms with van der Waals surface area (Å²) in [5.41, 5.74) is 3.97. The molecule has 3 N–H and O–H groups in total. The average Bonchev–Trinajstić information content (AvgIpc) is 3.63. The van der Waals surface area contributed by atoms with Crippen LogP contribution >= 0.6 is 11.3 Å². The summed E-state index contributed by atoms with van der Waals surface area (Å²) in [6, 6.07) is 8.97. The molecule has 0 fully saturated rings. The Labute approximate surface area is 218 Å². The molecule has 0 saturated carbocycles. The molecule has 8 nitrogen and oxygen atoms in total. The molecule has 4 aromatic heterocycles. The first-order valence-corrected chi connectivity index (χ1v) is 11.7. The molecule has 0 aliphatic rings. The number of thiophene rings is 1. The highest BCUT2D eigenvalue weighted by atomic mass is 32.1. The second-order valence-electron chi connectivity index (χ2n) is 7.96. The summed E-state index contributed by atoms with van der Waals surface area (Å²) < 4.78 is 83.4. The van der Waals surface area contributed by atoms with Crippen molar-refractivity contribution < 1.29 is 45.1 Å². The number of ether oxygens (including phenoxy) is 1. The lowest BCUT2D eigenvalue weighted by Crippen LogP contribution is -2.16. The van der Waals surface area contributed by atoms with E-state index in [2.05, 4.69) is 10.3 Å². The van der Waals surface area contributed by atoms with Gasteiger partial charge in [0.2, 0.25) is 0 Å². The molecule has 1 aromatic carbocycles. The SMILES string of the molecule is NC(=O)c1sc2nc(C(F)(F)F)cc(-c3ccco3)c2c1NC(=O)c1ccc(COc2ccc(F)cc2F)o1. The highest BCUT2D eigenvalue weighted by molar-refractivity contribution is 7.21. The van der Waals surface area contributed by atoms with Crippen molar-refractivity contribution in [3.05, 3.63) is 88.5 Å². The van der Waals surface area contributed by atoms with Crippen LogP contribution in [0.15, 0.2) is 63.6 Å². The van der Waals surface area contributed by atoms with Gasteiger partial charge < -0.3 is 24.6 Å². The molecular weight excluding hydrogens is 549 g/mol. The Morgan fingerprint density at radius 1 is 1.10 bits per heavy atom. The highest BCUT2D eigenvalue weighted by Gasteiger charge is 2.35.